The van der Waals surface area contributed by atoms with Gasteiger partial charge in [0, 0.05) is 19.0 Å². The van der Waals surface area contributed by atoms with E-state index < -0.39 is 28.5 Å². The first-order valence-electron chi connectivity index (χ1n) is 17.3. The molecule has 0 aliphatic heterocycles. The Labute approximate surface area is 306 Å². The second kappa shape index (κ2) is 17.5. The number of benzene rings is 5. The highest BCUT2D eigenvalue weighted by Gasteiger charge is 2.35. The van der Waals surface area contributed by atoms with Crippen LogP contribution in [-0.2, 0) is 32.6 Å². The Morgan fingerprint density at radius 2 is 1.35 bits per heavy atom. The second-order valence-corrected chi connectivity index (χ2v) is 14.5. The number of aryl methyl sites for hydroxylation is 1. The van der Waals surface area contributed by atoms with Crippen molar-refractivity contribution in [1.82, 2.24) is 10.2 Å². The molecule has 0 saturated heterocycles. The zero-order valence-electron chi connectivity index (χ0n) is 29.9. The summed E-state index contributed by atoms with van der Waals surface area (Å²) in [6.07, 6.45) is 0.912. The van der Waals surface area contributed by atoms with Crippen LogP contribution in [0.25, 0.3) is 0 Å². The van der Waals surface area contributed by atoms with Crippen LogP contribution in [-0.4, -0.2) is 50.9 Å². The van der Waals surface area contributed by atoms with Crippen LogP contribution in [0.4, 0.5) is 5.69 Å². The van der Waals surface area contributed by atoms with E-state index in [1.165, 1.54) is 17.0 Å². The van der Waals surface area contributed by atoms with Crippen LogP contribution >= 0.6 is 0 Å². The van der Waals surface area contributed by atoms with Crippen molar-refractivity contribution in [3.05, 3.63) is 150 Å². The molecule has 5 rings (SSSR count). The Morgan fingerprint density at radius 3 is 1.98 bits per heavy atom. The van der Waals surface area contributed by atoms with Crippen LogP contribution in [0, 0.1) is 6.92 Å². The number of ether oxygens (including phenoxy) is 2. The summed E-state index contributed by atoms with van der Waals surface area (Å²) in [5, 5.41) is 3.06. The smallest absolute Gasteiger partial charge is 0.264 e. The maximum Gasteiger partial charge on any atom is 0.264 e. The van der Waals surface area contributed by atoms with Gasteiger partial charge in [-0.05, 0) is 92.1 Å². The molecule has 2 amide bonds. The number of sulfonamides is 1. The minimum atomic E-state index is -4.26. The highest BCUT2D eigenvalue weighted by Crippen LogP contribution is 2.29. The molecular weight excluding hydrogens is 675 g/mol. The van der Waals surface area contributed by atoms with Gasteiger partial charge in [-0.1, -0.05) is 85.3 Å². The number of para-hydroxylation sites is 1. The molecule has 5 aromatic rings. The summed E-state index contributed by atoms with van der Waals surface area (Å²) < 4.78 is 41.4. The number of carbonyl (C=O) groups is 2. The first-order chi connectivity index (χ1) is 25.1. The zero-order valence-corrected chi connectivity index (χ0v) is 30.8. The molecule has 0 radical (unpaired) electrons. The summed E-state index contributed by atoms with van der Waals surface area (Å²) in [5.74, 6) is 0.837. The Balaban J connectivity index is 1.57. The number of anilines is 1. The third-order valence-electron chi connectivity index (χ3n) is 8.75. The normalized spacial score (nSPS) is 12.3. The standard InChI is InChI=1S/C42H45N3O6S/c1-5-32(3)43-42(47)40(28-33-13-8-6-9-14-33)44(29-34-15-12-18-38(27-34)50-4)41(46)30-45(52(48,49)39-25-19-31(2)20-26-39)35-21-23-37(24-22-35)51-36-16-10-7-11-17-36/h6-27,32,40H,5,28-30H2,1-4H3,(H,43,47)/t32-,40+/m0/s1. The van der Waals surface area contributed by atoms with Crippen molar-refractivity contribution in [2.75, 3.05) is 18.0 Å². The molecule has 5 aromatic carbocycles. The molecule has 0 aliphatic carbocycles. The van der Waals surface area contributed by atoms with Gasteiger partial charge in [0.15, 0.2) is 0 Å². The molecule has 0 heterocycles. The first kappa shape index (κ1) is 37.6. The van der Waals surface area contributed by atoms with Gasteiger partial charge in [-0.2, -0.15) is 0 Å². The summed E-state index contributed by atoms with van der Waals surface area (Å²) in [7, 11) is -2.70. The largest absolute Gasteiger partial charge is 0.497 e. The maximum absolute atomic E-state index is 14.8. The van der Waals surface area contributed by atoms with Crippen LogP contribution in [0.2, 0.25) is 0 Å². The average molecular weight is 720 g/mol. The fraction of sp³-hybridized carbons (Fsp3) is 0.238. The van der Waals surface area contributed by atoms with E-state index in [1.807, 2.05) is 93.6 Å². The quantitative estimate of drug-likeness (QED) is 0.113. The van der Waals surface area contributed by atoms with Crippen molar-refractivity contribution in [1.29, 1.82) is 0 Å². The van der Waals surface area contributed by atoms with Crippen molar-refractivity contribution >= 4 is 27.5 Å². The molecule has 0 saturated carbocycles. The number of carbonyl (C=O) groups excluding carboxylic acids is 2. The average Bonchev–Trinajstić information content (AvgIpc) is 3.16. The van der Waals surface area contributed by atoms with E-state index in [1.54, 1.807) is 55.6 Å². The SMILES string of the molecule is CC[C@H](C)NC(=O)[C@@H](Cc1ccccc1)N(Cc1cccc(OC)c1)C(=O)CN(c1ccc(Oc2ccccc2)cc1)S(=O)(=O)c1ccc(C)cc1. The lowest BCUT2D eigenvalue weighted by Crippen LogP contribution is -2.54. The molecular formula is C42H45N3O6S. The number of amides is 2. The minimum Gasteiger partial charge on any atom is -0.497 e. The molecule has 0 fully saturated rings. The van der Waals surface area contributed by atoms with Gasteiger partial charge in [0.05, 0.1) is 17.7 Å². The van der Waals surface area contributed by atoms with Crippen LogP contribution in [0.1, 0.15) is 37.0 Å². The second-order valence-electron chi connectivity index (χ2n) is 12.6. The van der Waals surface area contributed by atoms with Crippen molar-refractivity contribution < 1.29 is 27.5 Å². The fourth-order valence-corrected chi connectivity index (χ4v) is 7.05. The molecule has 10 heteroatoms. The fourth-order valence-electron chi connectivity index (χ4n) is 5.63. The zero-order chi connectivity index (χ0) is 37.1. The summed E-state index contributed by atoms with van der Waals surface area (Å²) in [4.78, 5) is 30.4. The maximum atomic E-state index is 14.8. The summed E-state index contributed by atoms with van der Waals surface area (Å²) in [6, 6.07) is 37.9. The lowest BCUT2D eigenvalue weighted by atomic mass is 10.0. The molecule has 1 N–H and O–H groups in total. The molecule has 2 atom stereocenters. The summed E-state index contributed by atoms with van der Waals surface area (Å²) in [5.41, 5.74) is 2.73. The Kier molecular flexibility index (Phi) is 12.7. The van der Waals surface area contributed by atoms with Gasteiger partial charge >= 0.3 is 0 Å². The van der Waals surface area contributed by atoms with Gasteiger partial charge < -0.3 is 19.7 Å². The highest BCUT2D eigenvalue weighted by molar-refractivity contribution is 7.92. The number of rotatable bonds is 16. The monoisotopic (exact) mass is 719 g/mol. The van der Waals surface area contributed by atoms with E-state index in [-0.39, 0.29) is 35.5 Å². The Bertz CT molecular complexity index is 2020. The van der Waals surface area contributed by atoms with Crippen LogP contribution < -0.4 is 19.1 Å². The number of hydrogen-bond acceptors (Lipinski definition) is 6. The molecule has 9 nitrogen and oxygen atoms in total. The van der Waals surface area contributed by atoms with Gasteiger partial charge in [0.1, 0.15) is 29.8 Å². The van der Waals surface area contributed by atoms with E-state index >= 15 is 0 Å². The van der Waals surface area contributed by atoms with Gasteiger partial charge in [0.25, 0.3) is 10.0 Å². The molecule has 0 aliphatic rings. The van der Waals surface area contributed by atoms with E-state index in [0.29, 0.717) is 23.7 Å². The first-order valence-corrected chi connectivity index (χ1v) is 18.7. The Morgan fingerprint density at radius 1 is 0.750 bits per heavy atom. The van der Waals surface area contributed by atoms with Gasteiger partial charge in [0.2, 0.25) is 11.8 Å². The molecule has 0 bridgehead atoms. The number of methoxy groups -OCH3 is 1. The van der Waals surface area contributed by atoms with E-state index in [9.17, 15) is 18.0 Å². The van der Waals surface area contributed by atoms with Gasteiger partial charge in [-0.3, -0.25) is 13.9 Å². The predicted molar refractivity (Wildman–Crippen MR) is 204 cm³/mol. The number of hydrogen-bond donors (Lipinski definition) is 1. The van der Waals surface area contributed by atoms with E-state index in [0.717, 1.165) is 21.0 Å². The highest BCUT2D eigenvalue weighted by atomic mass is 32.2. The van der Waals surface area contributed by atoms with Crippen molar-refractivity contribution in [3.63, 3.8) is 0 Å². The van der Waals surface area contributed by atoms with Crippen LogP contribution in [0.15, 0.2) is 138 Å². The summed E-state index contributed by atoms with van der Waals surface area (Å²) >= 11 is 0. The van der Waals surface area contributed by atoms with Crippen molar-refractivity contribution in [2.24, 2.45) is 0 Å². The Hall–Kier alpha value is -5.61. The molecule has 0 unspecified atom stereocenters. The van der Waals surface area contributed by atoms with Gasteiger partial charge in [-0.25, -0.2) is 8.42 Å². The number of nitrogens with one attached hydrogen (secondary N) is 1. The summed E-state index contributed by atoms with van der Waals surface area (Å²) in [6.45, 7) is 5.22. The van der Waals surface area contributed by atoms with E-state index in [2.05, 4.69) is 5.32 Å². The van der Waals surface area contributed by atoms with E-state index in [4.69, 9.17) is 9.47 Å². The predicted octanol–water partition coefficient (Wildman–Crippen LogP) is 7.55. The van der Waals surface area contributed by atoms with Crippen LogP contribution in [0.3, 0.4) is 0 Å². The third-order valence-corrected chi connectivity index (χ3v) is 10.5. The third kappa shape index (κ3) is 9.79. The van der Waals surface area contributed by atoms with Gasteiger partial charge in [-0.15, -0.1) is 0 Å². The van der Waals surface area contributed by atoms with Crippen LogP contribution in [0.5, 0.6) is 17.2 Å². The lowest BCUT2D eigenvalue weighted by Gasteiger charge is -2.34. The number of nitrogens with zero attached hydrogens (tertiary/aromatic N) is 2. The molecule has 0 spiro atoms. The molecule has 270 valence electrons. The lowest BCUT2D eigenvalue weighted by molar-refractivity contribution is -0.140. The van der Waals surface area contributed by atoms with Crippen molar-refractivity contribution in [2.45, 2.75) is 57.1 Å². The topological polar surface area (TPSA) is 105 Å². The minimum absolute atomic E-state index is 0.0315. The molecule has 0 aromatic heterocycles. The van der Waals surface area contributed by atoms with Crippen molar-refractivity contribution in [3.8, 4) is 17.2 Å². The molecule has 52 heavy (non-hydrogen) atoms.